The van der Waals surface area contributed by atoms with Crippen molar-refractivity contribution in [1.29, 1.82) is 0 Å². The molecule has 0 aliphatic rings. The fraction of sp³-hybridized carbons (Fsp3) is 0.0500. The Labute approximate surface area is 159 Å². The summed E-state index contributed by atoms with van der Waals surface area (Å²) in [5, 5.41) is 14.2. The van der Waals surface area contributed by atoms with Crippen LogP contribution in [-0.4, -0.2) is 10.7 Å². The topological polar surface area (TPSA) is 72.2 Å². The zero-order valence-corrected chi connectivity index (χ0v) is 15.0. The van der Waals surface area contributed by atoms with Crippen LogP contribution in [0.5, 0.6) is 0 Å². The summed E-state index contributed by atoms with van der Waals surface area (Å²) in [5.41, 5.74) is 1.87. The summed E-state index contributed by atoms with van der Waals surface area (Å²) in [6.45, 7) is 1.65. The van der Waals surface area contributed by atoms with Gasteiger partial charge in [0.2, 0.25) is 0 Å². The molecule has 0 atom stereocenters. The number of ketones is 1. The zero-order valence-electron chi connectivity index (χ0n) is 14.2. The van der Waals surface area contributed by atoms with E-state index in [1.54, 1.807) is 31.2 Å². The molecule has 0 aliphatic heterocycles. The molecule has 0 heterocycles. The molecule has 7 heteroatoms. The molecule has 0 spiro atoms. The lowest BCUT2D eigenvalue weighted by atomic mass is 9.99. The lowest BCUT2D eigenvalue weighted by Gasteiger charge is -2.10. The van der Waals surface area contributed by atoms with Crippen molar-refractivity contribution in [2.24, 2.45) is 0 Å². The Bertz CT molecular complexity index is 1050. The number of hydrogen-bond donors (Lipinski definition) is 1. The molecule has 0 fully saturated rings. The third kappa shape index (κ3) is 3.96. The summed E-state index contributed by atoms with van der Waals surface area (Å²) in [6, 6.07) is 14.8. The molecule has 0 radical (unpaired) electrons. The van der Waals surface area contributed by atoms with Crippen molar-refractivity contribution in [3.63, 3.8) is 0 Å². The van der Waals surface area contributed by atoms with E-state index in [0.29, 0.717) is 22.5 Å². The zero-order chi connectivity index (χ0) is 19.6. The van der Waals surface area contributed by atoms with Crippen LogP contribution in [0.15, 0.2) is 60.7 Å². The number of hydrogen-bond acceptors (Lipinski definition) is 4. The second-order valence-corrected chi connectivity index (χ2v) is 6.29. The van der Waals surface area contributed by atoms with E-state index in [1.165, 1.54) is 36.4 Å². The monoisotopic (exact) mass is 384 g/mol. The number of rotatable bonds is 5. The van der Waals surface area contributed by atoms with Crippen molar-refractivity contribution in [3.8, 4) is 0 Å². The highest BCUT2D eigenvalue weighted by Gasteiger charge is 2.17. The minimum atomic E-state index is -0.487. The lowest BCUT2D eigenvalue weighted by molar-refractivity contribution is -0.383. The minimum absolute atomic E-state index is 0.0734. The fourth-order valence-electron chi connectivity index (χ4n) is 2.70. The molecular weight excluding hydrogens is 371 g/mol. The van der Waals surface area contributed by atoms with Crippen molar-refractivity contribution in [3.05, 3.63) is 98.3 Å². The van der Waals surface area contributed by atoms with Gasteiger partial charge in [0.25, 0.3) is 5.69 Å². The molecule has 136 valence electrons. The Kier molecular flexibility index (Phi) is 5.19. The molecule has 0 unspecified atom stereocenters. The minimum Gasteiger partial charge on any atom is -0.350 e. The molecule has 5 nitrogen and oxygen atoms in total. The lowest BCUT2D eigenvalue weighted by Crippen LogP contribution is -2.05. The van der Waals surface area contributed by atoms with Crippen LogP contribution < -0.4 is 5.32 Å². The second kappa shape index (κ2) is 7.55. The third-order valence-corrected chi connectivity index (χ3v) is 4.34. The average molecular weight is 385 g/mol. The first kappa shape index (κ1) is 18.5. The van der Waals surface area contributed by atoms with Gasteiger partial charge in [-0.05, 0) is 55.0 Å². The number of nitro groups is 1. The van der Waals surface area contributed by atoms with E-state index in [2.05, 4.69) is 5.32 Å². The van der Waals surface area contributed by atoms with Gasteiger partial charge in [-0.3, -0.25) is 14.9 Å². The van der Waals surface area contributed by atoms with Gasteiger partial charge < -0.3 is 5.32 Å². The Morgan fingerprint density at radius 2 is 1.78 bits per heavy atom. The van der Waals surface area contributed by atoms with Crippen molar-refractivity contribution in [2.75, 3.05) is 5.32 Å². The highest BCUT2D eigenvalue weighted by Crippen LogP contribution is 2.30. The van der Waals surface area contributed by atoms with Crippen LogP contribution in [0.3, 0.4) is 0 Å². The Morgan fingerprint density at radius 3 is 2.44 bits per heavy atom. The van der Waals surface area contributed by atoms with Gasteiger partial charge in [0.05, 0.1) is 9.95 Å². The number of benzene rings is 3. The first-order chi connectivity index (χ1) is 12.9. The molecule has 0 aromatic heterocycles. The molecule has 3 rings (SSSR count). The van der Waals surface area contributed by atoms with E-state index in [4.69, 9.17) is 11.6 Å². The Balaban J connectivity index is 1.90. The summed E-state index contributed by atoms with van der Waals surface area (Å²) in [7, 11) is 0. The molecular formula is C20H14ClFN2O3. The number of nitro benzene ring substituents is 1. The van der Waals surface area contributed by atoms with Crippen LogP contribution in [0.25, 0.3) is 0 Å². The number of nitrogens with one attached hydrogen (secondary N) is 1. The molecule has 0 saturated carbocycles. The number of carbonyl (C=O) groups excluding carboxylic acids is 1. The van der Waals surface area contributed by atoms with Gasteiger partial charge >= 0.3 is 0 Å². The summed E-state index contributed by atoms with van der Waals surface area (Å²) in [6.07, 6.45) is 0. The number of nitrogens with zero attached hydrogens (tertiary/aromatic N) is 1. The van der Waals surface area contributed by atoms with Crippen molar-refractivity contribution < 1.29 is 14.1 Å². The summed E-state index contributed by atoms with van der Waals surface area (Å²) in [5.74, 6) is -0.742. The molecule has 1 N–H and O–H groups in total. The number of anilines is 2. The van der Waals surface area contributed by atoms with E-state index < -0.39 is 10.7 Å². The van der Waals surface area contributed by atoms with Crippen LogP contribution in [0.2, 0.25) is 5.02 Å². The summed E-state index contributed by atoms with van der Waals surface area (Å²) >= 11 is 6.26. The van der Waals surface area contributed by atoms with Gasteiger partial charge in [0.1, 0.15) is 11.5 Å². The quantitative estimate of drug-likeness (QED) is 0.349. The number of aryl methyl sites for hydroxylation is 1. The van der Waals surface area contributed by atoms with Gasteiger partial charge in [-0.2, -0.15) is 0 Å². The van der Waals surface area contributed by atoms with E-state index >= 15 is 0 Å². The fourth-order valence-corrected chi connectivity index (χ4v) is 2.96. The van der Waals surface area contributed by atoms with Crippen molar-refractivity contribution in [2.45, 2.75) is 6.92 Å². The Morgan fingerprint density at radius 1 is 1.07 bits per heavy atom. The van der Waals surface area contributed by atoms with Crippen molar-refractivity contribution in [1.82, 2.24) is 0 Å². The van der Waals surface area contributed by atoms with Crippen LogP contribution in [-0.2, 0) is 0 Å². The molecule has 0 bridgehead atoms. The molecule has 0 amide bonds. The second-order valence-electron chi connectivity index (χ2n) is 5.88. The first-order valence-corrected chi connectivity index (χ1v) is 8.35. The third-order valence-electron chi connectivity index (χ3n) is 4.03. The van der Waals surface area contributed by atoms with E-state index in [1.807, 2.05) is 0 Å². The van der Waals surface area contributed by atoms with Gasteiger partial charge in [-0.15, -0.1) is 0 Å². The summed E-state index contributed by atoms with van der Waals surface area (Å²) in [4.78, 5) is 23.3. The highest BCUT2D eigenvalue weighted by atomic mass is 35.5. The van der Waals surface area contributed by atoms with Gasteiger partial charge in [-0.1, -0.05) is 23.7 Å². The van der Waals surface area contributed by atoms with E-state index in [9.17, 15) is 19.3 Å². The summed E-state index contributed by atoms with van der Waals surface area (Å²) < 4.78 is 13.2. The normalized spacial score (nSPS) is 10.5. The van der Waals surface area contributed by atoms with Crippen LogP contribution >= 0.6 is 11.6 Å². The molecule has 27 heavy (non-hydrogen) atoms. The average Bonchev–Trinajstić information content (AvgIpc) is 2.61. The predicted molar refractivity (Wildman–Crippen MR) is 102 cm³/mol. The van der Waals surface area contributed by atoms with E-state index in [0.717, 1.165) is 0 Å². The molecule has 3 aromatic rings. The molecule has 0 saturated heterocycles. The predicted octanol–water partition coefficient (Wildman–Crippen LogP) is 5.67. The SMILES string of the molecule is Cc1cc(F)ccc1C(=O)c1ccc(Nc2ccccc2[N+](=O)[O-])cc1Cl. The molecule has 0 aliphatic carbocycles. The standard InChI is InChI=1S/C20H14ClFN2O3/c1-12-10-13(22)6-8-15(12)20(25)16-9-7-14(11-17(16)21)23-18-4-2-3-5-19(18)24(26)27/h2-11,23H,1H3. The maximum absolute atomic E-state index is 13.2. The van der Waals surface area contributed by atoms with Crippen LogP contribution in [0.1, 0.15) is 21.5 Å². The van der Waals surface area contributed by atoms with Crippen LogP contribution in [0.4, 0.5) is 21.5 Å². The first-order valence-electron chi connectivity index (χ1n) is 7.97. The largest absolute Gasteiger partial charge is 0.350 e. The Hall–Kier alpha value is -3.25. The van der Waals surface area contributed by atoms with Crippen LogP contribution in [0, 0.1) is 22.9 Å². The smallest absolute Gasteiger partial charge is 0.292 e. The van der Waals surface area contributed by atoms with Crippen molar-refractivity contribution >= 4 is 34.4 Å². The number of halogens is 2. The van der Waals surface area contributed by atoms with E-state index in [-0.39, 0.29) is 22.1 Å². The number of para-hydroxylation sites is 2. The molecule has 3 aromatic carbocycles. The maximum Gasteiger partial charge on any atom is 0.292 e. The van der Waals surface area contributed by atoms with Gasteiger partial charge in [-0.25, -0.2) is 4.39 Å². The van der Waals surface area contributed by atoms with Gasteiger partial charge in [0.15, 0.2) is 5.78 Å². The number of carbonyl (C=O) groups is 1. The highest BCUT2D eigenvalue weighted by molar-refractivity contribution is 6.35. The van der Waals surface area contributed by atoms with Gasteiger partial charge in [0, 0.05) is 22.9 Å². The maximum atomic E-state index is 13.2.